The van der Waals surface area contributed by atoms with Crippen LogP contribution in [-0.4, -0.2) is 36.2 Å². The van der Waals surface area contributed by atoms with E-state index < -0.39 is 0 Å². The van der Waals surface area contributed by atoms with Gasteiger partial charge in [0.25, 0.3) is 0 Å². The molecular weight excluding hydrogens is 413 g/mol. The van der Waals surface area contributed by atoms with Crippen molar-refractivity contribution in [2.45, 2.75) is 0 Å². The van der Waals surface area contributed by atoms with Gasteiger partial charge in [-0.15, -0.1) is 0 Å². The summed E-state index contributed by atoms with van der Waals surface area (Å²) in [6.45, 7) is 2.90. The van der Waals surface area contributed by atoms with E-state index in [4.69, 9.17) is 23.8 Å². The van der Waals surface area contributed by atoms with Crippen molar-refractivity contribution in [2.75, 3.05) is 36.4 Å². The Kier molecular flexibility index (Phi) is 5.58. The average Bonchev–Trinajstić information content (AvgIpc) is 2.58. The van der Waals surface area contributed by atoms with Crippen molar-refractivity contribution in [2.24, 2.45) is 0 Å². The minimum Gasteiger partial charge on any atom is -0.366 e. The second-order valence-electron chi connectivity index (χ2n) is 5.48. The molecule has 0 saturated carbocycles. The highest BCUT2D eigenvalue weighted by molar-refractivity contribution is 9.10. The number of hydrogen-bond acceptors (Lipinski definition) is 2. The molecule has 0 bridgehead atoms. The molecule has 1 heterocycles. The molecule has 1 aliphatic rings. The van der Waals surface area contributed by atoms with Gasteiger partial charge in [-0.1, -0.05) is 39.7 Å². The topological polar surface area (TPSA) is 18.5 Å². The number of rotatable bonds is 2. The van der Waals surface area contributed by atoms with Crippen molar-refractivity contribution in [1.29, 1.82) is 0 Å². The van der Waals surface area contributed by atoms with Crippen LogP contribution < -0.4 is 10.2 Å². The highest BCUT2D eigenvalue weighted by Gasteiger charge is 2.21. The highest BCUT2D eigenvalue weighted by atomic mass is 79.9. The zero-order valence-electron chi connectivity index (χ0n) is 12.8. The van der Waals surface area contributed by atoms with E-state index in [1.54, 1.807) is 6.07 Å². The molecule has 0 atom stereocenters. The fraction of sp³-hybridized carbons (Fsp3) is 0.235. The van der Waals surface area contributed by atoms with Crippen LogP contribution in [0.1, 0.15) is 0 Å². The SMILES string of the molecule is Fc1ccccc1N1CCN(C(=S)Nc2ccc(Br)cc2Cl)CC1. The number of para-hydroxylation sites is 1. The highest BCUT2D eigenvalue weighted by Crippen LogP contribution is 2.26. The molecule has 3 nitrogen and oxygen atoms in total. The lowest BCUT2D eigenvalue weighted by Gasteiger charge is -2.37. The molecule has 0 unspecified atom stereocenters. The molecule has 1 fully saturated rings. The van der Waals surface area contributed by atoms with Gasteiger partial charge in [0, 0.05) is 30.7 Å². The zero-order chi connectivity index (χ0) is 17.1. The van der Waals surface area contributed by atoms with Gasteiger partial charge < -0.3 is 15.1 Å². The quantitative estimate of drug-likeness (QED) is 0.695. The van der Waals surface area contributed by atoms with Crippen molar-refractivity contribution in [1.82, 2.24) is 4.90 Å². The number of thiocarbonyl (C=S) groups is 1. The van der Waals surface area contributed by atoms with Crippen molar-refractivity contribution in [3.63, 3.8) is 0 Å². The first-order chi connectivity index (χ1) is 11.5. The van der Waals surface area contributed by atoms with Crippen LogP contribution in [0.15, 0.2) is 46.9 Å². The number of nitrogens with zero attached hydrogens (tertiary/aromatic N) is 2. The molecule has 126 valence electrons. The first-order valence-corrected chi connectivity index (χ1v) is 9.13. The number of anilines is 2. The molecule has 3 rings (SSSR count). The van der Waals surface area contributed by atoms with Gasteiger partial charge in [-0.3, -0.25) is 0 Å². The second kappa shape index (κ2) is 7.68. The summed E-state index contributed by atoms with van der Waals surface area (Å²) in [7, 11) is 0. The third kappa shape index (κ3) is 3.99. The van der Waals surface area contributed by atoms with E-state index in [-0.39, 0.29) is 5.82 Å². The van der Waals surface area contributed by atoms with Gasteiger partial charge in [-0.25, -0.2) is 4.39 Å². The van der Waals surface area contributed by atoms with Crippen LogP contribution in [0.25, 0.3) is 0 Å². The van der Waals surface area contributed by atoms with E-state index in [0.29, 0.717) is 15.8 Å². The predicted molar refractivity (Wildman–Crippen MR) is 106 cm³/mol. The van der Waals surface area contributed by atoms with Crippen molar-refractivity contribution in [3.8, 4) is 0 Å². The molecule has 0 aromatic heterocycles. The first kappa shape index (κ1) is 17.5. The van der Waals surface area contributed by atoms with Gasteiger partial charge in [0.1, 0.15) is 5.82 Å². The molecule has 0 aliphatic carbocycles. The summed E-state index contributed by atoms with van der Waals surface area (Å²) in [5.41, 5.74) is 1.42. The Morgan fingerprint density at radius 1 is 1.12 bits per heavy atom. The Hall–Kier alpha value is -1.37. The second-order valence-corrected chi connectivity index (χ2v) is 7.19. The number of benzene rings is 2. The van der Waals surface area contributed by atoms with E-state index in [1.165, 1.54) is 6.07 Å². The molecule has 1 saturated heterocycles. The Labute approximate surface area is 159 Å². The Morgan fingerprint density at radius 2 is 1.83 bits per heavy atom. The van der Waals surface area contributed by atoms with Crippen LogP contribution in [0.5, 0.6) is 0 Å². The minimum absolute atomic E-state index is 0.187. The van der Waals surface area contributed by atoms with E-state index in [0.717, 1.165) is 36.3 Å². The molecule has 1 aliphatic heterocycles. The number of halogens is 3. The summed E-state index contributed by atoms with van der Waals surface area (Å²) in [4.78, 5) is 4.12. The zero-order valence-corrected chi connectivity index (χ0v) is 16.0. The van der Waals surface area contributed by atoms with E-state index in [1.807, 2.05) is 35.2 Å². The molecule has 0 radical (unpaired) electrons. The van der Waals surface area contributed by atoms with Crippen molar-refractivity contribution < 1.29 is 4.39 Å². The van der Waals surface area contributed by atoms with Crippen LogP contribution in [0.2, 0.25) is 5.02 Å². The fourth-order valence-corrected chi connectivity index (χ4v) is 3.66. The molecular formula is C17H16BrClFN3S. The van der Waals surface area contributed by atoms with Crippen LogP contribution in [0, 0.1) is 5.82 Å². The number of piperazine rings is 1. The number of nitrogens with one attached hydrogen (secondary N) is 1. The lowest BCUT2D eigenvalue weighted by Crippen LogP contribution is -2.50. The normalized spacial score (nSPS) is 14.6. The fourth-order valence-electron chi connectivity index (χ4n) is 2.64. The first-order valence-electron chi connectivity index (χ1n) is 7.55. The maximum Gasteiger partial charge on any atom is 0.173 e. The standard InChI is InChI=1S/C17H16BrClFN3S/c18-12-5-6-15(13(19)11-12)21-17(24)23-9-7-22(8-10-23)16-4-2-1-3-14(16)20/h1-6,11H,7-10H2,(H,21,24). The maximum atomic E-state index is 13.9. The Bertz CT molecular complexity index is 750. The van der Waals surface area contributed by atoms with Gasteiger partial charge in [-0.05, 0) is 42.5 Å². The van der Waals surface area contributed by atoms with Gasteiger partial charge in [0.15, 0.2) is 5.11 Å². The van der Waals surface area contributed by atoms with Crippen molar-refractivity contribution >= 4 is 56.2 Å². The Morgan fingerprint density at radius 3 is 2.50 bits per heavy atom. The van der Waals surface area contributed by atoms with Crippen LogP contribution in [0.4, 0.5) is 15.8 Å². The minimum atomic E-state index is -0.187. The molecule has 2 aromatic rings. The Balaban J connectivity index is 1.60. The van der Waals surface area contributed by atoms with Crippen LogP contribution >= 0.6 is 39.7 Å². The summed E-state index contributed by atoms with van der Waals surface area (Å²) in [6.07, 6.45) is 0. The summed E-state index contributed by atoms with van der Waals surface area (Å²) < 4.78 is 14.8. The van der Waals surface area contributed by atoms with Gasteiger partial charge >= 0.3 is 0 Å². The maximum absolute atomic E-state index is 13.9. The van der Waals surface area contributed by atoms with Gasteiger partial charge in [-0.2, -0.15) is 0 Å². The van der Waals surface area contributed by atoms with Gasteiger partial charge in [0.2, 0.25) is 0 Å². The molecule has 24 heavy (non-hydrogen) atoms. The van der Waals surface area contributed by atoms with Crippen LogP contribution in [0.3, 0.4) is 0 Å². The summed E-state index contributed by atoms with van der Waals surface area (Å²) in [6, 6.07) is 12.5. The van der Waals surface area contributed by atoms with Gasteiger partial charge in [0.05, 0.1) is 16.4 Å². The summed E-state index contributed by atoms with van der Waals surface area (Å²) in [5.74, 6) is -0.187. The van der Waals surface area contributed by atoms with E-state index in [2.05, 4.69) is 26.1 Å². The smallest absolute Gasteiger partial charge is 0.173 e. The molecule has 2 aromatic carbocycles. The molecule has 1 N–H and O–H groups in total. The van der Waals surface area contributed by atoms with E-state index in [9.17, 15) is 4.39 Å². The molecule has 0 spiro atoms. The molecule has 0 amide bonds. The largest absolute Gasteiger partial charge is 0.366 e. The third-order valence-corrected chi connectivity index (χ3v) is 5.10. The monoisotopic (exact) mass is 427 g/mol. The van der Waals surface area contributed by atoms with Crippen molar-refractivity contribution in [3.05, 3.63) is 57.8 Å². The molecule has 7 heteroatoms. The lowest BCUT2D eigenvalue weighted by molar-refractivity contribution is 0.388. The van der Waals surface area contributed by atoms with Crippen LogP contribution in [-0.2, 0) is 0 Å². The average molecular weight is 429 g/mol. The summed E-state index contributed by atoms with van der Waals surface area (Å²) in [5, 5.41) is 4.43. The predicted octanol–water partition coefficient (Wildman–Crippen LogP) is 4.76. The number of hydrogen-bond donors (Lipinski definition) is 1. The lowest BCUT2D eigenvalue weighted by atomic mass is 10.2. The third-order valence-electron chi connectivity index (χ3n) is 3.93. The summed E-state index contributed by atoms with van der Waals surface area (Å²) >= 11 is 15.1. The van der Waals surface area contributed by atoms with E-state index >= 15 is 0 Å².